The number of carboxylic acid groups (broad SMARTS) is 1. The monoisotopic (exact) mass is 240 g/mol. The number of aliphatic hydroxyl groups is 1. The molecule has 1 atom stereocenters. The fraction of sp³-hybridized carbons (Fsp3) is 0.417. The lowest BCUT2D eigenvalue weighted by atomic mass is 10.1. The molecule has 1 rings (SSSR count). The molecule has 0 heterocycles. The number of carboxylic acids is 1. The summed E-state index contributed by atoms with van der Waals surface area (Å²) in [6, 6.07) is 3.99. The second kappa shape index (κ2) is 6.10. The number of aliphatic hydroxyl groups excluding tert-OH is 1. The maximum absolute atomic E-state index is 10.6. The predicted molar refractivity (Wildman–Crippen MR) is 61.1 cm³/mol. The van der Waals surface area contributed by atoms with Crippen LogP contribution in [0.15, 0.2) is 18.2 Å². The van der Waals surface area contributed by atoms with E-state index in [4.69, 9.17) is 9.84 Å². The smallest absolute Gasteiger partial charge is 0.337 e. The van der Waals surface area contributed by atoms with E-state index >= 15 is 0 Å². The van der Waals surface area contributed by atoms with Gasteiger partial charge in [-0.3, -0.25) is 0 Å². The van der Waals surface area contributed by atoms with Crippen molar-refractivity contribution in [3.05, 3.63) is 23.8 Å². The fourth-order valence-electron chi connectivity index (χ4n) is 1.29. The van der Waals surface area contributed by atoms with Gasteiger partial charge in [-0.2, -0.15) is 0 Å². The second-order valence-electron chi connectivity index (χ2n) is 3.67. The van der Waals surface area contributed by atoms with Gasteiger partial charge in [-0.15, -0.1) is 0 Å². The predicted octanol–water partition coefficient (Wildman–Crippen LogP) is 1.69. The fourth-order valence-corrected chi connectivity index (χ4v) is 1.29. The third kappa shape index (κ3) is 3.64. The third-order valence-corrected chi connectivity index (χ3v) is 2.29. The van der Waals surface area contributed by atoms with Gasteiger partial charge in [-0.25, -0.2) is 4.79 Å². The molecule has 0 saturated carbocycles. The lowest BCUT2D eigenvalue weighted by Gasteiger charge is -2.11. The zero-order chi connectivity index (χ0) is 12.8. The molecule has 0 radical (unpaired) electrons. The van der Waals surface area contributed by atoms with E-state index in [2.05, 4.69) is 0 Å². The number of phenols is 1. The van der Waals surface area contributed by atoms with E-state index in [0.717, 1.165) is 12.8 Å². The van der Waals surface area contributed by atoms with Crippen molar-refractivity contribution >= 4 is 5.97 Å². The van der Waals surface area contributed by atoms with Gasteiger partial charge >= 0.3 is 5.97 Å². The topological polar surface area (TPSA) is 87.0 Å². The van der Waals surface area contributed by atoms with Crippen molar-refractivity contribution in [1.82, 2.24) is 0 Å². The van der Waals surface area contributed by atoms with Crippen LogP contribution in [0.4, 0.5) is 0 Å². The van der Waals surface area contributed by atoms with Crippen LogP contribution < -0.4 is 4.74 Å². The Bertz CT molecular complexity index is 388. The first-order valence-electron chi connectivity index (χ1n) is 5.42. The van der Waals surface area contributed by atoms with Crippen LogP contribution in [0.25, 0.3) is 0 Å². The lowest BCUT2D eigenvalue weighted by Crippen LogP contribution is -2.10. The van der Waals surface area contributed by atoms with E-state index in [-0.39, 0.29) is 17.1 Å². The largest absolute Gasteiger partial charge is 0.504 e. The maximum Gasteiger partial charge on any atom is 0.337 e. The minimum Gasteiger partial charge on any atom is -0.504 e. The molecule has 1 aromatic carbocycles. The molecule has 0 amide bonds. The van der Waals surface area contributed by atoms with Crippen molar-refractivity contribution in [2.75, 3.05) is 6.61 Å². The Morgan fingerprint density at radius 3 is 2.76 bits per heavy atom. The molecule has 0 unspecified atom stereocenters. The highest BCUT2D eigenvalue weighted by molar-refractivity contribution is 5.74. The van der Waals surface area contributed by atoms with Crippen LogP contribution in [0.2, 0.25) is 0 Å². The highest BCUT2D eigenvalue weighted by Gasteiger charge is 2.17. The molecule has 1 aromatic rings. The average Bonchev–Trinajstić information content (AvgIpc) is 2.30. The Labute approximate surface area is 99.3 Å². The van der Waals surface area contributed by atoms with Crippen molar-refractivity contribution in [3.63, 3.8) is 0 Å². The molecule has 0 aliphatic rings. The summed E-state index contributed by atoms with van der Waals surface area (Å²) in [7, 11) is 0. The first-order chi connectivity index (χ1) is 8.06. The van der Waals surface area contributed by atoms with Gasteiger partial charge in [0, 0.05) is 0 Å². The SMILES string of the molecule is CCCCOc1cc([C@@H](O)C(=O)O)ccc1O. The number of aromatic hydroxyl groups is 1. The number of rotatable bonds is 6. The number of ether oxygens (including phenoxy) is 1. The number of aliphatic carboxylic acids is 1. The highest BCUT2D eigenvalue weighted by Crippen LogP contribution is 2.29. The summed E-state index contributed by atoms with van der Waals surface area (Å²) < 4.78 is 5.29. The van der Waals surface area contributed by atoms with Crippen molar-refractivity contribution < 1.29 is 24.9 Å². The first kappa shape index (κ1) is 13.3. The van der Waals surface area contributed by atoms with Crippen LogP contribution in [-0.4, -0.2) is 27.9 Å². The van der Waals surface area contributed by atoms with Gasteiger partial charge in [0.05, 0.1) is 6.61 Å². The molecule has 0 spiro atoms. The van der Waals surface area contributed by atoms with Gasteiger partial charge in [0.1, 0.15) is 0 Å². The Morgan fingerprint density at radius 1 is 1.47 bits per heavy atom. The van der Waals surface area contributed by atoms with Crippen molar-refractivity contribution in [2.24, 2.45) is 0 Å². The van der Waals surface area contributed by atoms with Crippen LogP contribution in [-0.2, 0) is 4.79 Å². The quantitative estimate of drug-likeness (QED) is 0.658. The summed E-state index contributed by atoms with van der Waals surface area (Å²) in [4.78, 5) is 10.6. The van der Waals surface area contributed by atoms with Gasteiger partial charge in [-0.05, 0) is 24.1 Å². The molecule has 5 heteroatoms. The van der Waals surface area contributed by atoms with Gasteiger partial charge in [-0.1, -0.05) is 19.4 Å². The van der Waals surface area contributed by atoms with Crippen molar-refractivity contribution in [1.29, 1.82) is 0 Å². The summed E-state index contributed by atoms with van der Waals surface area (Å²) in [6.07, 6.45) is 0.188. The van der Waals surface area contributed by atoms with E-state index in [0.29, 0.717) is 6.61 Å². The lowest BCUT2D eigenvalue weighted by molar-refractivity contribution is -0.146. The normalized spacial score (nSPS) is 12.1. The number of carbonyl (C=O) groups is 1. The van der Waals surface area contributed by atoms with Gasteiger partial charge < -0.3 is 20.1 Å². The van der Waals surface area contributed by atoms with Crippen molar-refractivity contribution in [3.8, 4) is 11.5 Å². The van der Waals surface area contributed by atoms with E-state index in [1.54, 1.807) is 0 Å². The molecule has 0 saturated heterocycles. The van der Waals surface area contributed by atoms with Crippen LogP contribution in [0.1, 0.15) is 31.4 Å². The summed E-state index contributed by atoms with van der Waals surface area (Å²) in [5.41, 5.74) is 0.182. The van der Waals surface area contributed by atoms with E-state index in [1.807, 2.05) is 6.92 Å². The summed E-state index contributed by atoms with van der Waals surface area (Å²) in [6.45, 7) is 2.45. The highest BCUT2D eigenvalue weighted by atomic mass is 16.5. The summed E-state index contributed by atoms with van der Waals surface area (Å²) >= 11 is 0. The zero-order valence-corrected chi connectivity index (χ0v) is 9.59. The number of hydrogen-bond donors (Lipinski definition) is 3. The van der Waals surface area contributed by atoms with Crippen LogP contribution >= 0.6 is 0 Å². The maximum atomic E-state index is 10.6. The summed E-state index contributed by atoms with van der Waals surface area (Å²) in [5.74, 6) is -1.21. The molecular weight excluding hydrogens is 224 g/mol. The zero-order valence-electron chi connectivity index (χ0n) is 9.59. The van der Waals surface area contributed by atoms with Gasteiger partial charge in [0.15, 0.2) is 17.6 Å². The molecule has 17 heavy (non-hydrogen) atoms. The minimum atomic E-state index is -1.61. The molecule has 3 N–H and O–H groups in total. The van der Waals surface area contributed by atoms with Crippen LogP contribution in [0, 0.1) is 0 Å². The molecule has 5 nitrogen and oxygen atoms in total. The Kier molecular flexibility index (Phi) is 4.78. The minimum absolute atomic E-state index is 0.0672. The summed E-state index contributed by atoms with van der Waals surface area (Å²) in [5, 5.41) is 27.5. The Balaban J connectivity index is 2.82. The Morgan fingerprint density at radius 2 is 2.18 bits per heavy atom. The van der Waals surface area contributed by atoms with Crippen LogP contribution in [0.5, 0.6) is 11.5 Å². The van der Waals surface area contributed by atoms with Crippen LogP contribution in [0.3, 0.4) is 0 Å². The average molecular weight is 240 g/mol. The second-order valence-corrected chi connectivity index (χ2v) is 3.67. The molecule has 0 fully saturated rings. The molecule has 0 aliphatic carbocycles. The number of phenolic OH excluding ortho intramolecular Hbond substituents is 1. The van der Waals surface area contributed by atoms with Gasteiger partial charge in [0.25, 0.3) is 0 Å². The number of hydrogen-bond acceptors (Lipinski definition) is 4. The Hall–Kier alpha value is -1.75. The first-order valence-corrected chi connectivity index (χ1v) is 5.42. The van der Waals surface area contributed by atoms with E-state index < -0.39 is 12.1 Å². The third-order valence-electron chi connectivity index (χ3n) is 2.29. The van der Waals surface area contributed by atoms with E-state index in [1.165, 1.54) is 18.2 Å². The van der Waals surface area contributed by atoms with Gasteiger partial charge in [0.2, 0.25) is 0 Å². The number of unbranched alkanes of at least 4 members (excludes halogenated alkanes) is 1. The molecule has 0 bridgehead atoms. The number of benzene rings is 1. The van der Waals surface area contributed by atoms with Crippen molar-refractivity contribution in [2.45, 2.75) is 25.9 Å². The molecular formula is C12H16O5. The standard InChI is InChI=1S/C12H16O5/c1-2-3-6-17-10-7-8(4-5-9(10)13)11(14)12(15)16/h4-5,7,11,13-14H,2-3,6H2,1H3,(H,15,16)/t11-/m1/s1. The van der Waals surface area contributed by atoms with E-state index in [9.17, 15) is 15.0 Å². The molecule has 94 valence electrons. The molecule has 0 aliphatic heterocycles. The molecule has 0 aromatic heterocycles.